The van der Waals surface area contributed by atoms with Crippen LogP contribution in [0.25, 0.3) is 0 Å². The number of carbonyl (C=O) groups is 2. The van der Waals surface area contributed by atoms with E-state index < -0.39 is 24.3 Å². The molecule has 0 aliphatic rings. The van der Waals surface area contributed by atoms with Crippen molar-refractivity contribution in [2.45, 2.75) is 0 Å². The molecule has 0 saturated carbocycles. The number of ether oxygens (including phenoxy) is 3. The molecular formula is C17H15ClFNO5. The Kier molecular flexibility index (Phi) is 6.19. The first-order chi connectivity index (χ1) is 11.9. The van der Waals surface area contributed by atoms with Crippen molar-refractivity contribution < 1.29 is 28.2 Å². The zero-order valence-corrected chi connectivity index (χ0v) is 14.2. The molecule has 0 aromatic heterocycles. The van der Waals surface area contributed by atoms with Gasteiger partial charge in [-0.3, -0.25) is 4.79 Å². The Hall–Kier alpha value is -2.80. The van der Waals surface area contributed by atoms with Crippen molar-refractivity contribution >= 4 is 29.2 Å². The SMILES string of the molecule is COc1ccc(NC(=O)COC(=O)c2ccc(F)cc2Cl)c(OC)c1. The summed E-state index contributed by atoms with van der Waals surface area (Å²) in [7, 11) is 2.95. The van der Waals surface area contributed by atoms with E-state index in [1.165, 1.54) is 20.3 Å². The summed E-state index contributed by atoms with van der Waals surface area (Å²) in [5.74, 6) is -1.03. The van der Waals surface area contributed by atoms with E-state index in [1.54, 1.807) is 18.2 Å². The van der Waals surface area contributed by atoms with Gasteiger partial charge < -0.3 is 19.5 Å². The molecule has 0 heterocycles. The lowest BCUT2D eigenvalue weighted by atomic mass is 10.2. The van der Waals surface area contributed by atoms with Crippen LogP contribution in [0.4, 0.5) is 10.1 Å². The van der Waals surface area contributed by atoms with Crippen LogP contribution < -0.4 is 14.8 Å². The molecule has 2 rings (SSSR count). The number of benzene rings is 2. The normalized spacial score (nSPS) is 10.1. The number of halogens is 2. The monoisotopic (exact) mass is 367 g/mol. The van der Waals surface area contributed by atoms with Crippen molar-refractivity contribution in [1.29, 1.82) is 0 Å². The van der Waals surface area contributed by atoms with Crippen molar-refractivity contribution in [3.05, 3.63) is 52.8 Å². The Morgan fingerprint density at radius 2 is 1.88 bits per heavy atom. The average molecular weight is 368 g/mol. The summed E-state index contributed by atoms with van der Waals surface area (Å²) in [4.78, 5) is 23.8. The molecule has 2 aromatic rings. The summed E-state index contributed by atoms with van der Waals surface area (Å²) in [6, 6.07) is 8.08. The first-order valence-electron chi connectivity index (χ1n) is 7.08. The average Bonchev–Trinajstić information content (AvgIpc) is 2.60. The summed E-state index contributed by atoms with van der Waals surface area (Å²) >= 11 is 5.77. The van der Waals surface area contributed by atoms with Crippen LogP contribution in [-0.2, 0) is 9.53 Å². The highest BCUT2D eigenvalue weighted by Gasteiger charge is 2.15. The van der Waals surface area contributed by atoms with Crippen LogP contribution in [0.1, 0.15) is 10.4 Å². The molecule has 8 heteroatoms. The highest BCUT2D eigenvalue weighted by atomic mass is 35.5. The number of nitrogens with one attached hydrogen (secondary N) is 1. The Balaban J connectivity index is 1.98. The third-order valence-corrected chi connectivity index (χ3v) is 3.48. The van der Waals surface area contributed by atoms with E-state index in [0.717, 1.165) is 12.1 Å². The summed E-state index contributed by atoms with van der Waals surface area (Å²) in [5.41, 5.74) is 0.363. The fraction of sp³-hybridized carbons (Fsp3) is 0.176. The number of methoxy groups -OCH3 is 2. The Morgan fingerprint density at radius 3 is 2.52 bits per heavy atom. The van der Waals surface area contributed by atoms with Gasteiger partial charge >= 0.3 is 5.97 Å². The van der Waals surface area contributed by atoms with Gasteiger partial charge in [0.25, 0.3) is 5.91 Å². The van der Waals surface area contributed by atoms with Crippen molar-refractivity contribution in [2.24, 2.45) is 0 Å². The van der Waals surface area contributed by atoms with Gasteiger partial charge in [-0.15, -0.1) is 0 Å². The number of rotatable bonds is 6. The lowest BCUT2D eigenvalue weighted by Gasteiger charge is -2.12. The van der Waals surface area contributed by atoms with Crippen LogP contribution in [0, 0.1) is 5.82 Å². The number of carbonyl (C=O) groups excluding carboxylic acids is 2. The predicted molar refractivity (Wildman–Crippen MR) is 89.9 cm³/mol. The standard InChI is InChI=1S/C17H15ClFNO5/c1-23-11-4-6-14(15(8-11)24-2)20-16(21)9-25-17(22)12-5-3-10(19)7-13(12)18/h3-8H,9H2,1-2H3,(H,20,21). The van der Waals surface area contributed by atoms with E-state index in [-0.39, 0.29) is 10.6 Å². The molecule has 0 fully saturated rings. The topological polar surface area (TPSA) is 73.9 Å². The summed E-state index contributed by atoms with van der Waals surface area (Å²) in [6.07, 6.45) is 0. The number of hydrogen-bond acceptors (Lipinski definition) is 5. The molecule has 0 radical (unpaired) electrons. The minimum Gasteiger partial charge on any atom is -0.497 e. The second-order valence-corrected chi connectivity index (χ2v) is 5.22. The van der Waals surface area contributed by atoms with Gasteiger partial charge in [-0.05, 0) is 30.3 Å². The Morgan fingerprint density at radius 1 is 1.12 bits per heavy atom. The first-order valence-corrected chi connectivity index (χ1v) is 7.46. The van der Waals surface area contributed by atoms with Crippen molar-refractivity contribution in [3.63, 3.8) is 0 Å². The Bertz CT molecular complexity index is 797. The predicted octanol–water partition coefficient (Wildman–Crippen LogP) is 3.29. The quantitative estimate of drug-likeness (QED) is 0.793. The van der Waals surface area contributed by atoms with Gasteiger partial charge in [0.05, 0.1) is 30.5 Å². The highest BCUT2D eigenvalue weighted by Crippen LogP contribution is 2.29. The second-order valence-electron chi connectivity index (χ2n) is 4.81. The van der Waals surface area contributed by atoms with Crippen LogP contribution in [0.2, 0.25) is 5.02 Å². The molecule has 0 atom stereocenters. The van der Waals surface area contributed by atoms with Crippen molar-refractivity contribution in [2.75, 3.05) is 26.1 Å². The molecular weight excluding hydrogens is 353 g/mol. The molecule has 25 heavy (non-hydrogen) atoms. The summed E-state index contributed by atoms with van der Waals surface area (Å²) in [5, 5.41) is 2.46. The zero-order valence-electron chi connectivity index (χ0n) is 13.5. The molecule has 6 nitrogen and oxygen atoms in total. The van der Waals surface area contributed by atoms with E-state index in [1.807, 2.05) is 0 Å². The molecule has 2 aromatic carbocycles. The third kappa shape index (κ3) is 4.84. The fourth-order valence-corrected chi connectivity index (χ4v) is 2.20. The number of amides is 1. The van der Waals surface area contributed by atoms with Gasteiger partial charge in [-0.25, -0.2) is 9.18 Å². The lowest BCUT2D eigenvalue weighted by molar-refractivity contribution is -0.119. The highest BCUT2D eigenvalue weighted by molar-refractivity contribution is 6.33. The van der Waals surface area contributed by atoms with Gasteiger partial charge in [0.1, 0.15) is 17.3 Å². The smallest absolute Gasteiger partial charge is 0.340 e. The van der Waals surface area contributed by atoms with Gasteiger partial charge in [0.2, 0.25) is 0 Å². The molecule has 0 spiro atoms. The zero-order chi connectivity index (χ0) is 18.4. The van der Waals surface area contributed by atoms with Gasteiger partial charge in [0.15, 0.2) is 6.61 Å². The molecule has 0 bridgehead atoms. The first kappa shape index (κ1) is 18.5. The van der Waals surface area contributed by atoms with Gasteiger partial charge in [0, 0.05) is 6.07 Å². The lowest BCUT2D eigenvalue weighted by Crippen LogP contribution is -2.21. The van der Waals surface area contributed by atoms with Gasteiger partial charge in [-0.2, -0.15) is 0 Å². The number of anilines is 1. The van der Waals surface area contributed by atoms with E-state index in [4.69, 9.17) is 25.8 Å². The molecule has 0 aliphatic carbocycles. The van der Waals surface area contributed by atoms with Crippen LogP contribution in [0.15, 0.2) is 36.4 Å². The largest absolute Gasteiger partial charge is 0.497 e. The van der Waals surface area contributed by atoms with E-state index in [9.17, 15) is 14.0 Å². The van der Waals surface area contributed by atoms with E-state index >= 15 is 0 Å². The summed E-state index contributed by atoms with van der Waals surface area (Å²) < 4.78 is 28.1. The van der Waals surface area contributed by atoms with E-state index in [2.05, 4.69) is 5.32 Å². The van der Waals surface area contributed by atoms with Crippen LogP contribution >= 0.6 is 11.6 Å². The van der Waals surface area contributed by atoms with Crippen LogP contribution in [0.5, 0.6) is 11.5 Å². The maximum atomic E-state index is 13.0. The minimum absolute atomic E-state index is 0.0297. The fourth-order valence-electron chi connectivity index (χ4n) is 1.95. The van der Waals surface area contributed by atoms with Crippen LogP contribution in [-0.4, -0.2) is 32.7 Å². The summed E-state index contributed by atoms with van der Waals surface area (Å²) in [6.45, 7) is -0.540. The van der Waals surface area contributed by atoms with Crippen molar-refractivity contribution in [1.82, 2.24) is 0 Å². The minimum atomic E-state index is -0.832. The number of hydrogen-bond donors (Lipinski definition) is 1. The van der Waals surface area contributed by atoms with E-state index in [0.29, 0.717) is 17.2 Å². The third-order valence-electron chi connectivity index (χ3n) is 3.17. The number of esters is 1. The molecule has 0 aliphatic heterocycles. The maximum absolute atomic E-state index is 13.0. The second kappa shape index (κ2) is 8.34. The molecule has 1 amide bonds. The molecule has 0 saturated heterocycles. The Labute approximate surface area is 148 Å². The molecule has 0 unspecified atom stereocenters. The maximum Gasteiger partial charge on any atom is 0.340 e. The molecule has 132 valence electrons. The molecule has 1 N–H and O–H groups in total. The van der Waals surface area contributed by atoms with Gasteiger partial charge in [-0.1, -0.05) is 11.6 Å². The van der Waals surface area contributed by atoms with Crippen LogP contribution in [0.3, 0.4) is 0 Å². The van der Waals surface area contributed by atoms with Crippen molar-refractivity contribution in [3.8, 4) is 11.5 Å².